The molecule has 0 saturated carbocycles. The van der Waals surface area contributed by atoms with E-state index in [1.165, 1.54) is 35.2 Å². The molecule has 0 saturated heterocycles. The molecule has 3 aromatic rings. The largest absolute Gasteiger partial charge is 0.416 e. The molecule has 0 fully saturated rings. The van der Waals surface area contributed by atoms with Gasteiger partial charge in [-0.15, -0.1) is 22.9 Å². The zero-order chi connectivity index (χ0) is 21.0. The van der Waals surface area contributed by atoms with Crippen molar-refractivity contribution in [3.05, 3.63) is 48.0 Å². The van der Waals surface area contributed by atoms with Crippen molar-refractivity contribution in [1.82, 2.24) is 4.98 Å². The Labute approximate surface area is 176 Å². The average molecular weight is 460 g/mol. The van der Waals surface area contributed by atoms with E-state index in [9.17, 15) is 22.8 Å². The third-order valence-corrected chi connectivity index (χ3v) is 5.98. The van der Waals surface area contributed by atoms with Gasteiger partial charge in [-0.05, 0) is 36.4 Å². The second-order valence-electron chi connectivity index (χ2n) is 5.76. The van der Waals surface area contributed by atoms with Gasteiger partial charge in [0.2, 0.25) is 11.8 Å². The Bertz CT molecular complexity index is 1060. The summed E-state index contributed by atoms with van der Waals surface area (Å²) in [6.07, 6.45) is -4.47. The molecule has 1 heterocycles. The molecule has 0 aliphatic rings. The number of halogens is 4. The summed E-state index contributed by atoms with van der Waals surface area (Å²) in [5.41, 5.74) is 0.547. The molecule has 0 unspecified atom stereocenters. The van der Waals surface area contributed by atoms with E-state index >= 15 is 0 Å². The Morgan fingerprint density at radius 2 is 1.79 bits per heavy atom. The zero-order valence-electron chi connectivity index (χ0n) is 14.5. The summed E-state index contributed by atoms with van der Waals surface area (Å²) in [4.78, 5) is 27.8. The molecule has 2 aromatic carbocycles. The van der Waals surface area contributed by atoms with Crippen molar-refractivity contribution in [3.63, 3.8) is 0 Å². The Morgan fingerprint density at radius 3 is 2.52 bits per heavy atom. The molecular weight excluding hydrogens is 447 g/mol. The molecule has 2 N–H and O–H groups in total. The van der Waals surface area contributed by atoms with Crippen molar-refractivity contribution in [2.45, 2.75) is 10.5 Å². The maximum atomic E-state index is 12.7. The fourth-order valence-corrected chi connectivity index (χ4v) is 4.31. The monoisotopic (exact) mass is 459 g/mol. The average Bonchev–Trinajstić information content (AvgIpc) is 3.08. The summed E-state index contributed by atoms with van der Waals surface area (Å²) >= 11 is 7.98. The number of rotatable bonds is 6. The summed E-state index contributed by atoms with van der Waals surface area (Å²) in [5, 5.41) is 5.10. The van der Waals surface area contributed by atoms with E-state index in [2.05, 4.69) is 15.6 Å². The second kappa shape index (κ2) is 9.02. The Hall–Kier alpha value is -2.30. The quantitative estimate of drug-likeness (QED) is 0.391. The van der Waals surface area contributed by atoms with E-state index < -0.39 is 17.6 Å². The zero-order valence-corrected chi connectivity index (χ0v) is 16.9. The molecule has 0 aliphatic carbocycles. The number of nitrogens with one attached hydrogen (secondary N) is 2. The smallest absolute Gasteiger partial charge is 0.325 e. The first-order chi connectivity index (χ1) is 13.7. The molecule has 0 spiro atoms. The third kappa shape index (κ3) is 5.84. The van der Waals surface area contributed by atoms with Gasteiger partial charge in [-0.2, -0.15) is 13.2 Å². The van der Waals surface area contributed by atoms with Gasteiger partial charge in [-0.3, -0.25) is 9.59 Å². The SMILES string of the molecule is O=C(CCl)Nc1ccc2nc(SCC(=O)Nc3cccc(C(F)(F)F)c3)sc2c1. The van der Waals surface area contributed by atoms with Crippen molar-refractivity contribution >= 4 is 68.1 Å². The number of alkyl halides is 4. The first kappa shape index (κ1) is 21.4. The molecule has 0 aliphatic heterocycles. The normalized spacial score (nSPS) is 11.4. The predicted octanol–water partition coefficient (Wildman–Crippen LogP) is 5.22. The lowest BCUT2D eigenvalue weighted by Crippen LogP contribution is -2.14. The maximum Gasteiger partial charge on any atom is 0.416 e. The summed E-state index contributed by atoms with van der Waals surface area (Å²) in [6.45, 7) is 0. The minimum absolute atomic E-state index is 0.00803. The van der Waals surface area contributed by atoms with Crippen LogP contribution in [-0.4, -0.2) is 28.4 Å². The van der Waals surface area contributed by atoms with E-state index in [0.717, 1.165) is 16.8 Å². The summed E-state index contributed by atoms with van der Waals surface area (Å²) in [7, 11) is 0. The van der Waals surface area contributed by atoms with Gasteiger partial charge in [0.15, 0.2) is 4.34 Å². The Morgan fingerprint density at radius 1 is 1.07 bits per heavy atom. The third-order valence-electron chi connectivity index (χ3n) is 3.57. The van der Waals surface area contributed by atoms with Gasteiger partial charge >= 0.3 is 6.18 Å². The molecule has 29 heavy (non-hydrogen) atoms. The summed E-state index contributed by atoms with van der Waals surface area (Å²) in [5.74, 6) is -0.922. The number of aromatic nitrogens is 1. The predicted molar refractivity (Wildman–Crippen MR) is 110 cm³/mol. The molecule has 0 bridgehead atoms. The number of fused-ring (bicyclic) bond motifs is 1. The minimum Gasteiger partial charge on any atom is -0.325 e. The van der Waals surface area contributed by atoms with E-state index in [-0.39, 0.29) is 23.2 Å². The van der Waals surface area contributed by atoms with Gasteiger partial charge in [0.25, 0.3) is 0 Å². The highest BCUT2D eigenvalue weighted by molar-refractivity contribution is 8.01. The van der Waals surface area contributed by atoms with Crippen LogP contribution >= 0.6 is 34.7 Å². The Kier molecular flexibility index (Phi) is 6.66. The van der Waals surface area contributed by atoms with E-state index in [1.54, 1.807) is 18.2 Å². The van der Waals surface area contributed by atoms with Crippen LogP contribution in [0.15, 0.2) is 46.8 Å². The van der Waals surface area contributed by atoms with Crippen LogP contribution in [0.25, 0.3) is 10.2 Å². The van der Waals surface area contributed by atoms with Crippen molar-refractivity contribution in [2.24, 2.45) is 0 Å². The topological polar surface area (TPSA) is 71.1 Å². The highest BCUT2D eigenvalue weighted by Gasteiger charge is 2.30. The first-order valence-electron chi connectivity index (χ1n) is 8.11. The van der Waals surface area contributed by atoms with Gasteiger partial charge < -0.3 is 10.6 Å². The highest BCUT2D eigenvalue weighted by atomic mass is 35.5. The molecule has 3 rings (SSSR count). The standard InChI is InChI=1S/C18H13ClF3N3O2S2/c19-8-15(26)23-12-4-5-13-14(7-12)29-17(25-13)28-9-16(27)24-11-3-1-2-10(6-11)18(20,21)22/h1-7H,8-9H2,(H,23,26)(H,24,27). The van der Waals surface area contributed by atoms with Crippen LogP contribution in [-0.2, 0) is 15.8 Å². The lowest BCUT2D eigenvalue weighted by atomic mass is 10.2. The molecule has 5 nitrogen and oxygen atoms in total. The molecular formula is C18H13ClF3N3O2S2. The fraction of sp³-hybridized carbons (Fsp3) is 0.167. The van der Waals surface area contributed by atoms with Gasteiger partial charge in [-0.25, -0.2) is 4.98 Å². The molecule has 11 heteroatoms. The van der Waals surface area contributed by atoms with Crippen molar-refractivity contribution < 1.29 is 22.8 Å². The van der Waals surface area contributed by atoms with Gasteiger partial charge in [0.05, 0.1) is 21.5 Å². The second-order valence-corrected chi connectivity index (χ2v) is 8.28. The number of thiazole rings is 1. The van der Waals surface area contributed by atoms with E-state index in [1.807, 2.05) is 0 Å². The number of nitrogens with zero attached hydrogens (tertiary/aromatic N) is 1. The number of carbonyl (C=O) groups excluding carboxylic acids is 2. The molecule has 152 valence electrons. The van der Waals surface area contributed by atoms with Crippen LogP contribution in [0.1, 0.15) is 5.56 Å². The van der Waals surface area contributed by atoms with Crippen molar-refractivity contribution in [3.8, 4) is 0 Å². The van der Waals surface area contributed by atoms with Crippen molar-refractivity contribution in [1.29, 1.82) is 0 Å². The van der Waals surface area contributed by atoms with Gasteiger partial charge in [-0.1, -0.05) is 17.8 Å². The number of hydrogen-bond donors (Lipinski definition) is 2. The minimum atomic E-state index is -4.47. The van der Waals surface area contributed by atoms with Crippen LogP contribution in [0.5, 0.6) is 0 Å². The number of carbonyl (C=O) groups is 2. The fourth-order valence-electron chi connectivity index (χ4n) is 2.33. The van der Waals surface area contributed by atoms with Crippen LogP contribution in [0, 0.1) is 0 Å². The van der Waals surface area contributed by atoms with Crippen molar-refractivity contribution in [2.75, 3.05) is 22.3 Å². The van der Waals surface area contributed by atoms with Crippen LogP contribution in [0.2, 0.25) is 0 Å². The molecule has 2 amide bonds. The lowest BCUT2D eigenvalue weighted by Gasteiger charge is -2.09. The Balaban J connectivity index is 1.61. The van der Waals surface area contributed by atoms with Gasteiger partial charge in [0.1, 0.15) is 5.88 Å². The highest BCUT2D eigenvalue weighted by Crippen LogP contribution is 2.32. The summed E-state index contributed by atoms with van der Waals surface area (Å²) in [6, 6.07) is 9.64. The maximum absolute atomic E-state index is 12.7. The first-order valence-corrected chi connectivity index (χ1v) is 10.4. The molecule has 0 atom stereocenters. The van der Waals surface area contributed by atoms with Crippen LogP contribution < -0.4 is 10.6 Å². The number of anilines is 2. The lowest BCUT2D eigenvalue weighted by molar-refractivity contribution is -0.137. The van der Waals surface area contributed by atoms with E-state index in [4.69, 9.17) is 11.6 Å². The molecule has 1 aromatic heterocycles. The number of hydrogen-bond acceptors (Lipinski definition) is 5. The molecule has 0 radical (unpaired) electrons. The van der Waals surface area contributed by atoms with Crippen LogP contribution in [0.4, 0.5) is 24.5 Å². The van der Waals surface area contributed by atoms with E-state index in [0.29, 0.717) is 15.5 Å². The summed E-state index contributed by atoms with van der Waals surface area (Å²) < 4.78 is 39.7. The number of thioether (sulfide) groups is 1. The number of amides is 2. The van der Waals surface area contributed by atoms with Crippen LogP contribution in [0.3, 0.4) is 0 Å². The number of benzene rings is 2. The van der Waals surface area contributed by atoms with Gasteiger partial charge in [0, 0.05) is 11.4 Å².